The SMILES string of the molecule is C[C@@H](O)[C@@H](N)c1c(O)ccc2ccccc12. The van der Waals surface area contributed by atoms with Gasteiger partial charge in [0.2, 0.25) is 0 Å². The van der Waals surface area contributed by atoms with Crippen LogP contribution in [-0.2, 0) is 0 Å². The Morgan fingerprint density at radius 3 is 2.50 bits per heavy atom. The van der Waals surface area contributed by atoms with Crippen molar-refractivity contribution in [3.63, 3.8) is 0 Å². The van der Waals surface area contributed by atoms with Gasteiger partial charge >= 0.3 is 0 Å². The van der Waals surface area contributed by atoms with Crippen molar-refractivity contribution in [2.24, 2.45) is 5.73 Å². The highest BCUT2D eigenvalue weighted by molar-refractivity contribution is 5.88. The zero-order chi connectivity index (χ0) is 11.7. The summed E-state index contributed by atoms with van der Waals surface area (Å²) in [7, 11) is 0. The molecule has 0 aliphatic heterocycles. The fourth-order valence-electron chi connectivity index (χ4n) is 1.88. The molecular weight excluding hydrogens is 202 g/mol. The molecule has 0 spiro atoms. The van der Waals surface area contributed by atoms with Crippen molar-refractivity contribution >= 4 is 10.8 Å². The summed E-state index contributed by atoms with van der Waals surface area (Å²) in [6, 6.07) is 10.5. The number of benzene rings is 2. The Labute approximate surface area is 94.1 Å². The molecule has 0 heterocycles. The topological polar surface area (TPSA) is 66.5 Å². The number of fused-ring (bicyclic) bond motifs is 1. The summed E-state index contributed by atoms with van der Waals surface area (Å²) in [6.45, 7) is 1.62. The van der Waals surface area contributed by atoms with E-state index in [9.17, 15) is 10.2 Å². The molecule has 4 N–H and O–H groups in total. The highest BCUT2D eigenvalue weighted by Gasteiger charge is 2.18. The normalized spacial score (nSPS) is 14.9. The molecule has 0 aliphatic carbocycles. The smallest absolute Gasteiger partial charge is 0.121 e. The third-order valence-electron chi connectivity index (χ3n) is 2.80. The average molecular weight is 217 g/mol. The van der Waals surface area contributed by atoms with Crippen LogP contribution in [0.3, 0.4) is 0 Å². The van der Waals surface area contributed by atoms with Gasteiger partial charge in [-0.25, -0.2) is 0 Å². The lowest BCUT2D eigenvalue weighted by Gasteiger charge is -2.18. The number of aliphatic hydroxyl groups excluding tert-OH is 1. The summed E-state index contributed by atoms with van der Waals surface area (Å²) in [4.78, 5) is 0. The molecular formula is C13H15NO2. The number of aromatic hydroxyl groups is 1. The summed E-state index contributed by atoms with van der Waals surface area (Å²) in [5.74, 6) is 0.132. The largest absolute Gasteiger partial charge is 0.508 e. The van der Waals surface area contributed by atoms with Gasteiger partial charge in [-0.2, -0.15) is 0 Å². The zero-order valence-electron chi connectivity index (χ0n) is 9.09. The Kier molecular flexibility index (Phi) is 2.81. The maximum Gasteiger partial charge on any atom is 0.121 e. The van der Waals surface area contributed by atoms with Gasteiger partial charge in [-0.05, 0) is 23.8 Å². The number of aliphatic hydroxyl groups is 1. The Morgan fingerprint density at radius 2 is 1.81 bits per heavy atom. The molecule has 0 radical (unpaired) electrons. The first kappa shape index (κ1) is 10.9. The Balaban J connectivity index is 2.70. The zero-order valence-corrected chi connectivity index (χ0v) is 9.09. The van der Waals surface area contributed by atoms with Crippen LogP contribution in [0, 0.1) is 0 Å². The monoisotopic (exact) mass is 217 g/mol. The van der Waals surface area contributed by atoms with Crippen molar-refractivity contribution in [2.75, 3.05) is 0 Å². The number of rotatable bonds is 2. The molecule has 84 valence electrons. The van der Waals surface area contributed by atoms with Crippen molar-refractivity contribution in [3.05, 3.63) is 42.0 Å². The first-order valence-electron chi connectivity index (χ1n) is 5.25. The molecule has 0 saturated carbocycles. The van der Waals surface area contributed by atoms with E-state index >= 15 is 0 Å². The lowest BCUT2D eigenvalue weighted by molar-refractivity contribution is 0.163. The number of nitrogens with two attached hydrogens (primary N) is 1. The molecule has 0 saturated heterocycles. The van der Waals surface area contributed by atoms with E-state index in [0.29, 0.717) is 5.56 Å². The summed E-state index contributed by atoms with van der Waals surface area (Å²) in [6.07, 6.45) is -0.697. The predicted octanol–water partition coefficient (Wildman–Crippen LogP) is 1.93. The molecule has 0 bridgehead atoms. The van der Waals surface area contributed by atoms with E-state index in [1.807, 2.05) is 30.3 Å². The van der Waals surface area contributed by atoms with E-state index in [2.05, 4.69) is 0 Å². The molecule has 2 atom stereocenters. The van der Waals surface area contributed by atoms with E-state index in [-0.39, 0.29) is 5.75 Å². The highest BCUT2D eigenvalue weighted by atomic mass is 16.3. The Morgan fingerprint density at radius 1 is 1.12 bits per heavy atom. The predicted molar refractivity (Wildman–Crippen MR) is 64.2 cm³/mol. The number of phenolic OH excluding ortho intramolecular Hbond substituents is 1. The van der Waals surface area contributed by atoms with Crippen molar-refractivity contribution in [1.82, 2.24) is 0 Å². The molecule has 2 rings (SSSR count). The molecule has 0 fully saturated rings. The van der Waals surface area contributed by atoms with Gasteiger partial charge in [0, 0.05) is 5.56 Å². The summed E-state index contributed by atoms with van der Waals surface area (Å²) in [5, 5.41) is 21.2. The lowest BCUT2D eigenvalue weighted by atomic mass is 9.95. The minimum Gasteiger partial charge on any atom is -0.508 e. The quantitative estimate of drug-likeness (QED) is 0.720. The van der Waals surface area contributed by atoms with Crippen LogP contribution in [0.1, 0.15) is 18.5 Å². The second-order valence-corrected chi connectivity index (χ2v) is 3.99. The van der Waals surface area contributed by atoms with Gasteiger partial charge in [0.1, 0.15) is 5.75 Å². The van der Waals surface area contributed by atoms with Crippen LogP contribution in [0.4, 0.5) is 0 Å². The highest BCUT2D eigenvalue weighted by Crippen LogP contribution is 2.32. The van der Waals surface area contributed by atoms with Crippen LogP contribution < -0.4 is 5.73 Å². The Bertz CT molecular complexity index is 508. The molecule has 2 aromatic carbocycles. The van der Waals surface area contributed by atoms with E-state index < -0.39 is 12.1 Å². The number of hydrogen-bond acceptors (Lipinski definition) is 3. The third kappa shape index (κ3) is 1.75. The summed E-state index contributed by atoms with van der Waals surface area (Å²) >= 11 is 0. The maximum absolute atomic E-state index is 9.84. The van der Waals surface area contributed by atoms with Crippen molar-refractivity contribution < 1.29 is 10.2 Å². The van der Waals surface area contributed by atoms with Gasteiger partial charge in [-0.3, -0.25) is 0 Å². The van der Waals surface area contributed by atoms with Crippen LogP contribution in [-0.4, -0.2) is 16.3 Å². The van der Waals surface area contributed by atoms with E-state index in [1.54, 1.807) is 13.0 Å². The van der Waals surface area contributed by atoms with Gasteiger partial charge in [-0.15, -0.1) is 0 Å². The van der Waals surface area contributed by atoms with Gasteiger partial charge in [0.25, 0.3) is 0 Å². The molecule has 0 amide bonds. The molecule has 0 aliphatic rings. The van der Waals surface area contributed by atoms with Gasteiger partial charge in [0.15, 0.2) is 0 Å². The average Bonchev–Trinajstić information content (AvgIpc) is 2.28. The second kappa shape index (κ2) is 4.12. The third-order valence-corrected chi connectivity index (χ3v) is 2.80. The van der Waals surface area contributed by atoms with Crippen LogP contribution in [0.5, 0.6) is 5.75 Å². The van der Waals surface area contributed by atoms with Crippen LogP contribution in [0.25, 0.3) is 10.8 Å². The van der Waals surface area contributed by atoms with Crippen LogP contribution in [0.2, 0.25) is 0 Å². The first-order valence-corrected chi connectivity index (χ1v) is 5.25. The molecule has 0 aromatic heterocycles. The number of hydrogen-bond donors (Lipinski definition) is 3. The molecule has 3 heteroatoms. The summed E-state index contributed by atoms with van der Waals surface area (Å²) < 4.78 is 0. The molecule has 16 heavy (non-hydrogen) atoms. The van der Waals surface area contributed by atoms with Gasteiger partial charge in [0.05, 0.1) is 12.1 Å². The van der Waals surface area contributed by atoms with E-state index in [1.165, 1.54) is 0 Å². The van der Waals surface area contributed by atoms with Gasteiger partial charge < -0.3 is 15.9 Å². The van der Waals surface area contributed by atoms with Crippen molar-refractivity contribution in [2.45, 2.75) is 19.1 Å². The minimum atomic E-state index is -0.697. The standard InChI is InChI=1S/C13H15NO2/c1-8(15)13(14)12-10-5-3-2-4-9(10)6-7-11(12)16/h2-8,13,15-16H,14H2,1H3/t8-,13-/m1/s1. The van der Waals surface area contributed by atoms with Crippen LogP contribution >= 0.6 is 0 Å². The summed E-state index contributed by atoms with van der Waals surface area (Å²) in [5.41, 5.74) is 6.50. The van der Waals surface area contributed by atoms with Crippen molar-refractivity contribution in [1.29, 1.82) is 0 Å². The van der Waals surface area contributed by atoms with E-state index in [4.69, 9.17) is 5.73 Å². The maximum atomic E-state index is 9.84. The fourth-order valence-corrected chi connectivity index (χ4v) is 1.88. The number of phenols is 1. The minimum absolute atomic E-state index is 0.132. The second-order valence-electron chi connectivity index (χ2n) is 3.99. The van der Waals surface area contributed by atoms with E-state index in [0.717, 1.165) is 10.8 Å². The molecule has 0 unspecified atom stereocenters. The van der Waals surface area contributed by atoms with Crippen molar-refractivity contribution in [3.8, 4) is 5.75 Å². The fraction of sp³-hybridized carbons (Fsp3) is 0.231. The lowest BCUT2D eigenvalue weighted by Crippen LogP contribution is -2.23. The Hall–Kier alpha value is -1.58. The first-order chi connectivity index (χ1) is 7.61. The molecule has 3 nitrogen and oxygen atoms in total. The van der Waals surface area contributed by atoms with Crippen LogP contribution in [0.15, 0.2) is 36.4 Å². The van der Waals surface area contributed by atoms with Gasteiger partial charge in [-0.1, -0.05) is 30.3 Å². The molecule has 2 aromatic rings.